The zero-order valence-corrected chi connectivity index (χ0v) is 20.0. The van der Waals surface area contributed by atoms with Gasteiger partial charge >= 0.3 is 0 Å². The summed E-state index contributed by atoms with van der Waals surface area (Å²) in [7, 11) is 0. The minimum atomic E-state index is -0.278. The molecule has 2 amide bonds. The number of nitrogens with zero attached hydrogens (tertiary/aromatic N) is 3. The lowest BCUT2D eigenvalue weighted by Gasteiger charge is -2.29. The Labute approximate surface area is 196 Å². The van der Waals surface area contributed by atoms with Crippen LogP contribution in [0.2, 0.25) is 10.0 Å². The van der Waals surface area contributed by atoms with Gasteiger partial charge in [-0.25, -0.2) is 0 Å². The van der Waals surface area contributed by atoms with Gasteiger partial charge in [-0.1, -0.05) is 54.7 Å². The molecule has 0 bridgehead atoms. The number of carbonyl (C=O) groups is 2. The van der Waals surface area contributed by atoms with Crippen molar-refractivity contribution in [3.63, 3.8) is 0 Å². The highest BCUT2D eigenvalue weighted by atomic mass is 35.5. The lowest BCUT2D eigenvalue weighted by Crippen LogP contribution is -2.41. The Balaban J connectivity index is 1.54. The molecule has 0 saturated heterocycles. The van der Waals surface area contributed by atoms with Crippen LogP contribution in [0.1, 0.15) is 55.7 Å². The molecule has 1 aliphatic carbocycles. The minimum absolute atomic E-state index is 0.0175. The zero-order chi connectivity index (χ0) is 22.4. The van der Waals surface area contributed by atoms with Gasteiger partial charge in [0.15, 0.2) is 11.0 Å². The van der Waals surface area contributed by atoms with Crippen molar-refractivity contribution in [2.75, 3.05) is 5.75 Å². The molecule has 1 fully saturated rings. The molecule has 0 spiro atoms. The van der Waals surface area contributed by atoms with Crippen molar-refractivity contribution in [1.82, 2.24) is 25.4 Å². The molecule has 168 valence electrons. The van der Waals surface area contributed by atoms with Crippen LogP contribution in [0.15, 0.2) is 23.4 Å². The van der Waals surface area contributed by atoms with Crippen molar-refractivity contribution in [2.45, 2.75) is 63.8 Å². The quantitative estimate of drug-likeness (QED) is 0.545. The van der Waals surface area contributed by atoms with Gasteiger partial charge in [0.2, 0.25) is 5.91 Å². The fourth-order valence-corrected chi connectivity index (χ4v) is 4.81. The van der Waals surface area contributed by atoms with Crippen molar-refractivity contribution in [3.05, 3.63) is 39.6 Å². The first kappa shape index (κ1) is 23.9. The largest absolute Gasteiger partial charge is 0.352 e. The lowest BCUT2D eigenvalue weighted by molar-refractivity contribution is -0.119. The lowest BCUT2D eigenvalue weighted by atomic mass is 9.86. The Morgan fingerprint density at radius 1 is 1.19 bits per heavy atom. The number of rotatable bonds is 8. The van der Waals surface area contributed by atoms with Crippen LogP contribution >= 0.6 is 35.0 Å². The van der Waals surface area contributed by atoms with Gasteiger partial charge in [0.1, 0.15) is 0 Å². The maximum absolute atomic E-state index is 12.4. The van der Waals surface area contributed by atoms with Gasteiger partial charge in [-0.2, -0.15) is 0 Å². The number of nitrogens with one attached hydrogen (secondary N) is 2. The molecule has 7 nitrogen and oxygen atoms in total. The molecule has 2 atom stereocenters. The van der Waals surface area contributed by atoms with Crippen LogP contribution in [0.5, 0.6) is 0 Å². The summed E-state index contributed by atoms with van der Waals surface area (Å²) in [5.41, 5.74) is 0.417. The van der Waals surface area contributed by atoms with Gasteiger partial charge in [0.25, 0.3) is 5.91 Å². The smallest absolute Gasteiger partial charge is 0.251 e. The van der Waals surface area contributed by atoms with E-state index in [4.69, 9.17) is 23.2 Å². The molecule has 2 aromatic rings. The molecule has 0 aliphatic heterocycles. The Morgan fingerprint density at radius 2 is 1.97 bits per heavy atom. The standard InChI is InChI=1S/C21H27Cl2N5O2S/c1-3-28-18(11-24-20(30)14-8-9-15(22)16(23)10-14)26-27-21(28)31-12-19(29)25-17-7-5-4-6-13(17)2/h8-10,13,17H,3-7,11-12H2,1-2H3,(H,24,30)(H,25,29)/t13-,17-/m0/s1. The van der Waals surface area contributed by atoms with E-state index in [1.54, 1.807) is 12.1 Å². The molecule has 1 aromatic heterocycles. The maximum Gasteiger partial charge on any atom is 0.251 e. The topological polar surface area (TPSA) is 88.9 Å². The van der Waals surface area contributed by atoms with Crippen LogP contribution in [-0.2, 0) is 17.9 Å². The van der Waals surface area contributed by atoms with Gasteiger partial charge in [-0.3, -0.25) is 9.59 Å². The molecule has 2 N–H and O–H groups in total. The fraction of sp³-hybridized carbons (Fsp3) is 0.524. The molecule has 1 aliphatic rings. The van der Waals surface area contributed by atoms with Gasteiger partial charge in [-0.15, -0.1) is 10.2 Å². The zero-order valence-electron chi connectivity index (χ0n) is 17.7. The maximum atomic E-state index is 12.4. The number of thioether (sulfide) groups is 1. The second kappa shape index (κ2) is 11.2. The molecule has 31 heavy (non-hydrogen) atoms. The third-order valence-corrected chi connectivity index (χ3v) is 7.19. The van der Waals surface area contributed by atoms with Crippen LogP contribution < -0.4 is 10.6 Å². The molecule has 1 saturated carbocycles. The Hall–Kier alpha value is -1.77. The van der Waals surface area contributed by atoms with E-state index in [0.717, 1.165) is 6.42 Å². The Kier molecular flexibility index (Phi) is 8.63. The van der Waals surface area contributed by atoms with E-state index in [1.165, 1.54) is 37.1 Å². The van der Waals surface area contributed by atoms with Crippen LogP contribution in [0.3, 0.4) is 0 Å². The number of benzene rings is 1. The molecule has 0 unspecified atom stereocenters. The summed E-state index contributed by atoms with van der Waals surface area (Å²) in [6.45, 7) is 5.02. The molecule has 10 heteroatoms. The summed E-state index contributed by atoms with van der Waals surface area (Å²) in [6, 6.07) is 4.98. The highest BCUT2D eigenvalue weighted by molar-refractivity contribution is 7.99. The summed E-state index contributed by atoms with van der Waals surface area (Å²) < 4.78 is 1.90. The van der Waals surface area contributed by atoms with Crippen molar-refractivity contribution in [2.24, 2.45) is 5.92 Å². The summed E-state index contributed by atoms with van der Waals surface area (Å²) in [6.07, 6.45) is 4.63. The Bertz CT molecular complexity index is 936. The number of hydrogen-bond donors (Lipinski definition) is 2. The second-order valence-corrected chi connectivity index (χ2v) is 9.44. The summed E-state index contributed by atoms with van der Waals surface area (Å²) in [4.78, 5) is 24.8. The van der Waals surface area contributed by atoms with Crippen molar-refractivity contribution < 1.29 is 9.59 Å². The monoisotopic (exact) mass is 483 g/mol. The molecule has 0 radical (unpaired) electrons. The highest BCUT2D eigenvalue weighted by Crippen LogP contribution is 2.25. The first-order valence-electron chi connectivity index (χ1n) is 10.5. The number of aromatic nitrogens is 3. The van der Waals surface area contributed by atoms with Crippen molar-refractivity contribution >= 4 is 46.8 Å². The van der Waals surface area contributed by atoms with E-state index >= 15 is 0 Å². The number of hydrogen-bond acceptors (Lipinski definition) is 5. The second-order valence-electron chi connectivity index (χ2n) is 7.68. The summed E-state index contributed by atoms with van der Waals surface area (Å²) >= 11 is 13.2. The van der Waals surface area contributed by atoms with Gasteiger partial charge in [0.05, 0.1) is 22.3 Å². The molecular formula is C21H27Cl2N5O2S. The number of amides is 2. The third-order valence-electron chi connectivity index (χ3n) is 5.49. The summed E-state index contributed by atoms with van der Waals surface area (Å²) in [5.74, 6) is 1.17. The minimum Gasteiger partial charge on any atom is -0.352 e. The Morgan fingerprint density at radius 3 is 2.68 bits per heavy atom. The predicted molar refractivity (Wildman–Crippen MR) is 124 cm³/mol. The molecule has 3 rings (SSSR count). The fourth-order valence-electron chi connectivity index (χ4n) is 3.68. The van der Waals surface area contributed by atoms with E-state index in [0.29, 0.717) is 39.1 Å². The van der Waals surface area contributed by atoms with Gasteiger partial charge in [0, 0.05) is 18.2 Å². The summed E-state index contributed by atoms with van der Waals surface area (Å²) in [5, 5.41) is 15.7. The van der Waals surface area contributed by atoms with E-state index in [9.17, 15) is 9.59 Å². The predicted octanol–water partition coefficient (Wildman–Crippen LogP) is 4.32. The molecular weight excluding hydrogens is 457 g/mol. The van der Waals surface area contributed by atoms with Gasteiger partial charge < -0.3 is 15.2 Å². The van der Waals surface area contributed by atoms with Crippen LogP contribution in [0.25, 0.3) is 0 Å². The average molecular weight is 484 g/mol. The first-order valence-corrected chi connectivity index (χ1v) is 12.2. The van der Waals surface area contributed by atoms with Crippen LogP contribution in [0.4, 0.5) is 0 Å². The van der Waals surface area contributed by atoms with Crippen LogP contribution in [-0.4, -0.2) is 38.4 Å². The van der Waals surface area contributed by atoms with Gasteiger partial charge in [-0.05, 0) is 43.9 Å². The number of halogens is 2. The van der Waals surface area contributed by atoms with Crippen LogP contribution in [0, 0.1) is 5.92 Å². The van der Waals surface area contributed by atoms with E-state index in [1.807, 2.05) is 11.5 Å². The average Bonchev–Trinajstić information content (AvgIpc) is 3.16. The van der Waals surface area contributed by atoms with E-state index in [2.05, 4.69) is 27.8 Å². The first-order chi connectivity index (χ1) is 14.9. The van der Waals surface area contributed by atoms with E-state index in [-0.39, 0.29) is 30.2 Å². The third kappa shape index (κ3) is 6.37. The van der Waals surface area contributed by atoms with E-state index < -0.39 is 0 Å². The highest BCUT2D eigenvalue weighted by Gasteiger charge is 2.23. The molecule has 1 aromatic carbocycles. The molecule has 1 heterocycles. The number of carbonyl (C=O) groups excluding carboxylic acids is 2. The van der Waals surface area contributed by atoms with Crippen molar-refractivity contribution in [3.8, 4) is 0 Å². The normalized spacial score (nSPS) is 18.6. The SMILES string of the molecule is CCn1c(CNC(=O)c2ccc(Cl)c(Cl)c2)nnc1SCC(=O)N[C@H]1CCCC[C@@H]1C. The van der Waals surface area contributed by atoms with Crippen molar-refractivity contribution in [1.29, 1.82) is 0 Å².